The van der Waals surface area contributed by atoms with Crippen molar-refractivity contribution in [1.29, 1.82) is 0 Å². The molecule has 0 aliphatic rings. The van der Waals surface area contributed by atoms with Gasteiger partial charge in [-0.1, -0.05) is 0 Å². The van der Waals surface area contributed by atoms with Crippen LogP contribution < -0.4 is 15.8 Å². The van der Waals surface area contributed by atoms with E-state index in [9.17, 15) is 9.59 Å². The number of H-pyrrole nitrogens is 1. The molecular formula is C20H24N6O2. The molecule has 0 aliphatic heterocycles. The standard InChI is InChI=1S/C20H24N6O2/c1-5-25(13(2)3)16-8-6-15(7-9-16)22-20(28)17-12-21-26(14(17)4)18-10-11-19(27)24-23-18/h6-13H,5H2,1-4H3,(H,22,28)(H,24,27). The van der Waals surface area contributed by atoms with E-state index in [0.29, 0.717) is 28.8 Å². The van der Waals surface area contributed by atoms with Crippen LogP contribution in [0.15, 0.2) is 47.4 Å². The minimum Gasteiger partial charge on any atom is -0.369 e. The summed E-state index contributed by atoms with van der Waals surface area (Å²) in [6.07, 6.45) is 1.49. The molecule has 0 fully saturated rings. The molecule has 0 radical (unpaired) electrons. The number of rotatable bonds is 6. The van der Waals surface area contributed by atoms with Crippen molar-refractivity contribution in [3.8, 4) is 5.82 Å². The summed E-state index contributed by atoms with van der Waals surface area (Å²) in [7, 11) is 0. The zero-order valence-corrected chi connectivity index (χ0v) is 16.4. The number of nitrogens with zero attached hydrogens (tertiary/aromatic N) is 4. The number of hydrogen-bond acceptors (Lipinski definition) is 5. The molecule has 3 rings (SSSR count). The summed E-state index contributed by atoms with van der Waals surface area (Å²) in [5.41, 5.74) is 2.60. The van der Waals surface area contributed by atoms with E-state index in [-0.39, 0.29) is 11.5 Å². The number of hydrogen-bond donors (Lipinski definition) is 2. The summed E-state index contributed by atoms with van der Waals surface area (Å²) in [4.78, 5) is 26.1. The molecule has 1 amide bonds. The van der Waals surface area contributed by atoms with Gasteiger partial charge in [0.25, 0.3) is 11.5 Å². The molecule has 3 aromatic rings. The highest BCUT2D eigenvalue weighted by atomic mass is 16.1. The lowest BCUT2D eigenvalue weighted by atomic mass is 10.2. The number of carbonyl (C=O) groups excluding carboxylic acids is 1. The largest absolute Gasteiger partial charge is 0.369 e. The van der Waals surface area contributed by atoms with Gasteiger partial charge in [-0.25, -0.2) is 9.78 Å². The number of anilines is 2. The minimum absolute atomic E-state index is 0.253. The first-order valence-electron chi connectivity index (χ1n) is 9.19. The Bertz CT molecular complexity index is 999. The highest BCUT2D eigenvalue weighted by Crippen LogP contribution is 2.21. The van der Waals surface area contributed by atoms with Crippen LogP contribution in [0.4, 0.5) is 11.4 Å². The van der Waals surface area contributed by atoms with Crippen LogP contribution >= 0.6 is 0 Å². The quantitative estimate of drug-likeness (QED) is 0.685. The summed E-state index contributed by atoms with van der Waals surface area (Å²) in [5, 5.41) is 13.4. The molecule has 146 valence electrons. The molecule has 0 saturated carbocycles. The summed E-state index contributed by atoms with van der Waals surface area (Å²) in [6.45, 7) is 9.11. The summed E-state index contributed by atoms with van der Waals surface area (Å²) in [6, 6.07) is 11.1. The molecule has 2 heterocycles. The number of aromatic nitrogens is 4. The van der Waals surface area contributed by atoms with E-state index >= 15 is 0 Å². The summed E-state index contributed by atoms with van der Waals surface area (Å²) >= 11 is 0. The Morgan fingerprint density at radius 3 is 2.50 bits per heavy atom. The highest BCUT2D eigenvalue weighted by molar-refractivity contribution is 6.05. The number of nitrogens with one attached hydrogen (secondary N) is 2. The van der Waals surface area contributed by atoms with Gasteiger partial charge in [0.05, 0.1) is 17.5 Å². The first-order valence-corrected chi connectivity index (χ1v) is 9.19. The molecule has 8 nitrogen and oxygen atoms in total. The Labute approximate surface area is 163 Å². The molecular weight excluding hydrogens is 356 g/mol. The van der Waals surface area contributed by atoms with Crippen LogP contribution in [0.1, 0.15) is 36.8 Å². The number of aromatic amines is 1. The number of amides is 1. The molecule has 2 N–H and O–H groups in total. The van der Waals surface area contributed by atoms with Crippen molar-refractivity contribution in [2.75, 3.05) is 16.8 Å². The predicted molar refractivity (Wildman–Crippen MR) is 109 cm³/mol. The van der Waals surface area contributed by atoms with Crippen molar-refractivity contribution >= 4 is 17.3 Å². The van der Waals surface area contributed by atoms with Crippen molar-refractivity contribution in [1.82, 2.24) is 20.0 Å². The fourth-order valence-electron chi connectivity index (χ4n) is 3.10. The summed E-state index contributed by atoms with van der Waals surface area (Å²) < 4.78 is 1.51. The maximum Gasteiger partial charge on any atom is 0.264 e. The van der Waals surface area contributed by atoms with Gasteiger partial charge in [-0.05, 0) is 58.0 Å². The first kappa shape index (κ1) is 19.3. The molecule has 28 heavy (non-hydrogen) atoms. The van der Waals surface area contributed by atoms with Gasteiger partial charge in [0.1, 0.15) is 0 Å². The lowest BCUT2D eigenvalue weighted by Gasteiger charge is -2.27. The normalized spacial score (nSPS) is 10.9. The van der Waals surface area contributed by atoms with E-state index in [2.05, 4.69) is 46.3 Å². The Balaban J connectivity index is 1.77. The Kier molecular flexibility index (Phi) is 5.58. The van der Waals surface area contributed by atoms with Crippen molar-refractivity contribution < 1.29 is 4.79 Å². The van der Waals surface area contributed by atoms with E-state index < -0.39 is 0 Å². The van der Waals surface area contributed by atoms with Gasteiger partial charge in [-0.3, -0.25) is 9.59 Å². The fourth-order valence-corrected chi connectivity index (χ4v) is 3.10. The average molecular weight is 380 g/mol. The molecule has 0 spiro atoms. The number of carbonyl (C=O) groups is 1. The number of benzene rings is 1. The average Bonchev–Trinajstić information content (AvgIpc) is 3.05. The molecule has 2 aromatic heterocycles. The van der Waals surface area contributed by atoms with Crippen LogP contribution in [0.25, 0.3) is 5.82 Å². The molecule has 0 unspecified atom stereocenters. The first-order chi connectivity index (χ1) is 13.4. The maximum absolute atomic E-state index is 12.7. The van der Waals surface area contributed by atoms with Crippen molar-refractivity contribution in [2.24, 2.45) is 0 Å². The monoisotopic (exact) mass is 380 g/mol. The van der Waals surface area contributed by atoms with E-state index in [1.807, 2.05) is 24.3 Å². The van der Waals surface area contributed by atoms with Gasteiger partial charge < -0.3 is 10.2 Å². The van der Waals surface area contributed by atoms with Crippen molar-refractivity contribution in [3.05, 3.63) is 64.2 Å². The SMILES string of the molecule is CCN(c1ccc(NC(=O)c2cnn(-c3ccc(=O)[nH]n3)c2C)cc1)C(C)C. The molecule has 8 heteroatoms. The second-order valence-electron chi connectivity index (χ2n) is 6.72. The lowest BCUT2D eigenvalue weighted by molar-refractivity contribution is 0.102. The lowest BCUT2D eigenvalue weighted by Crippen LogP contribution is -2.30. The van der Waals surface area contributed by atoms with Gasteiger partial charge in [-0.15, -0.1) is 0 Å². The van der Waals surface area contributed by atoms with Crippen LogP contribution in [0.5, 0.6) is 0 Å². The third-order valence-electron chi connectivity index (χ3n) is 4.56. The third-order valence-corrected chi connectivity index (χ3v) is 4.56. The van der Waals surface area contributed by atoms with Gasteiger partial charge in [0, 0.05) is 30.0 Å². The van der Waals surface area contributed by atoms with Crippen LogP contribution in [-0.4, -0.2) is 38.5 Å². The highest BCUT2D eigenvalue weighted by Gasteiger charge is 2.16. The molecule has 0 atom stereocenters. The molecule has 0 aliphatic carbocycles. The third kappa shape index (κ3) is 3.95. The van der Waals surface area contributed by atoms with Crippen LogP contribution in [0, 0.1) is 6.92 Å². The van der Waals surface area contributed by atoms with Crippen molar-refractivity contribution in [3.63, 3.8) is 0 Å². The van der Waals surface area contributed by atoms with Gasteiger partial charge in [0.2, 0.25) is 0 Å². The zero-order valence-electron chi connectivity index (χ0n) is 16.4. The van der Waals surface area contributed by atoms with E-state index in [4.69, 9.17) is 0 Å². The van der Waals surface area contributed by atoms with Crippen molar-refractivity contribution in [2.45, 2.75) is 33.7 Å². The molecule has 0 bridgehead atoms. The van der Waals surface area contributed by atoms with Gasteiger partial charge in [-0.2, -0.15) is 10.2 Å². The summed E-state index contributed by atoms with van der Waals surface area (Å²) in [5.74, 6) is 0.186. The van der Waals surface area contributed by atoms with Gasteiger partial charge >= 0.3 is 0 Å². The van der Waals surface area contributed by atoms with E-state index in [1.54, 1.807) is 13.0 Å². The maximum atomic E-state index is 12.7. The second kappa shape index (κ2) is 8.08. The Morgan fingerprint density at radius 1 is 1.21 bits per heavy atom. The van der Waals surface area contributed by atoms with E-state index in [1.165, 1.54) is 16.9 Å². The second-order valence-corrected chi connectivity index (χ2v) is 6.72. The van der Waals surface area contributed by atoms with E-state index in [0.717, 1.165) is 12.2 Å². The van der Waals surface area contributed by atoms with Crippen LogP contribution in [0.3, 0.4) is 0 Å². The topological polar surface area (TPSA) is 95.9 Å². The smallest absolute Gasteiger partial charge is 0.264 e. The van der Waals surface area contributed by atoms with Crippen LogP contribution in [0.2, 0.25) is 0 Å². The minimum atomic E-state index is -0.297. The zero-order chi connectivity index (χ0) is 20.3. The molecule has 1 aromatic carbocycles. The molecule has 0 saturated heterocycles. The Morgan fingerprint density at radius 2 is 1.93 bits per heavy atom. The predicted octanol–water partition coefficient (Wildman–Crippen LogP) is 2.75. The fraction of sp³-hybridized carbons (Fsp3) is 0.300. The van der Waals surface area contributed by atoms with Crippen LogP contribution in [-0.2, 0) is 0 Å². The Hall–Kier alpha value is -3.42. The van der Waals surface area contributed by atoms with Gasteiger partial charge in [0.15, 0.2) is 5.82 Å².